The topological polar surface area (TPSA) is 85.1 Å². The van der Waals surface area contributed by atoms with Crippen LogP contribution in [0.4, 0.5) is 0 Å². The molecule has 1 N–H and O–H groups in total. The molecule has 0 aliphatic carbocycles. The predicted octanol–water partition coefficient (Wildman–Crippen LogP) is 5.26. The summed E-state index contributed by atoms with van der Waals surface area (Å²) in [6, 6.07) is 22.0. The summed E-state index contributed by atoms with van der Waals surface area (Å²) in [4.78, 5) is 16.5. The molecule has 0 radical (unpaired) electrons. The fourth-order valence-corrected chi connectivity index (χ4v) is 4.19. The zero-order chi connectivity index (χ0) is 24.8. The van der Waals surface area contributed by atoms with Crippen molar-refractivity contribution in [1.82, 2.24) is 25.2 Å². The molecule has 35 heavy (non-hydrogen) atoms. The van der Waals surface area contributed by atoms with Gasteiger partial charge in [-0.3, -0.25) is 14.3 Å². The Morgan fingerprint density at radius 3 is 2.31 bits per heavy atom. The number of hydrogen-bond acceptors (Lipinski definition) is 6. The van der Waals surface area contributed by atoms with E-state index in [0.29, 0.717) is 10.9 Å². The number of nitrogens with zero attached hydrogens (tertiary/aromatic N) is 5. The molecule has 8 heteroatoms. The Hall–Kier alpha value is -3.78. The third-order valence-electron chi connectivity index (χ3n) is 5.44. The van der Waals surface area contributed by atoms with E-state index < -0.39 is 0 Å². The molecule has 0 spiro atoms. The Morgan fingerprint density at radius 1 is 0.971 bits per heavy atom. The lowest BCUT2D eigenvalue weighted by Gasteiger charge is -2.19. The van der Waals surface area contributed by atoms with Crippen molar-refractivity contribution in [1.29, 1.82) is 0 Å². The number of benzene rings is 2. The van der Waals surface area contributed by atoms with E-state index in [2.05, 4.69) is 70.7 Å². The van der Waals surface area contributed by atoms with Crippen LogP contribution < -0.4 is 5.43 Å². The van der Waals surface area contributed by atoms with Crippen molar-refractivity contribution in [3.8, 4) is 17.1 Å². The Labute approximate surface area is 209 Å². The number of hydrogen-bond donors (Lipinski definition) is 1. The van der Waals surface area contributed by atoms with Crippen LogP contribution in [-0.2, 0) is 10.2 Å². The van der Waals surface area contributed by atoms with Crippen molar-refractivity contribution >= 4 is 23.4 Å². The fourth-order valence-electron chi connectivity index (χ4n) is 3.45. The molecule has 0 aliphatic heterocycles. The van der Waals surface area contributed by atoms with Gasteiger partial charge in [0.1, 0.15) is 0 Å². The quantitative estimate of drug-likeness (QED) is 0.220. The standard InChI is InChI=1S/C27H28N6OS/c1-19(20-14-16-28-17-15-20)29-30-24(34)18-35-26-32-31-25(33(26)23-8-6-5-7-9-23)21-10-12-22(13-11-21)27(2,3)4/h5-17H,18H2,1-4H3,(H,30,34)/b29-19-. The average molecular weight is 485 g/mol. The molecule has 0 atom stereocenters. The van der Waals surface area contributed by atoms with Crippen LogP contribution in [0.1, 0.15) is 38.8 Å². The normalized spacial score (nSPS) is 11.9. The number of rotatable bonds is 7. The smallest absolute Gasteiger partial charge is 0.250 e. The maximum Gasteiger partial charge on any atom is 0.250 e. The molecule has 4 aromatic rings. The van der Waals surface area contributed by atoms with Crippen LogP contribution in [0.3, 0.4) is 0 Å². The van der Waals surface area contributed by atoms with E-state index in [1.165, 1.54) is 17.3 Å². The number of carbonyl (C=O) groups excluding carboxylic acids is 1. The lowest BCUT2D eigenvalue weighted by Crippen LogP contribution is -2.21. The fraction of sp³-hybridized carbons (Fsp3) is 0.222. The van der Waals surface area contributed by atoms with E-state index in [-0.39, 0.29) is 17.1 Å². The van der Waals surface area contributed by atoms with Crippen LogP contribution in [0, 0.1) is 0 Å². The van der Waals surface area contributed by atoms with Gasteiger partial charge in [0.15, 0.2) is 11.0 Å². The summed E-state index contributed by atoms with van der Waals surface area (Å²) in [6.07, 6.45) is 3.38. The van der Waals surface area contributed by atoms with Gasteiger partial charge >= 0.3 is 0 Å². The van der Waals surface area contributed by atoms with Crippen molar-refractivity contribution in [3.05, 3.63) is 90.3 Å². The van der Waals surface area contributed by atoms with Gasteiger partial charge < -0.3 is 0 Å². The van der Waals surface area contributed by atoms with Gasteiger partial charge in [-0.2, -0.15) is 5.10 Å². The number of para-hydroxylation sites is 1. The molecular formula is C27H28N6OS. The first-order chi connectivity index (χ1) is 16.8. The summed E-state index contributed by atoms with van der Waals surface area (Å²) < 4.78 is 1.98. The lowest BCUT2D eigenvalue weighted by atomic mass is 9.87. The first kappa shape index (κ1) is 24.3. The van der Waals surface area contributed by atoms with E-state index in [0.717, 1.165) is 22.6 Å². The Morgan fingerprint density at radius 2 is 1.66 bits per heavy atom. The number of aromatic nitrogens is 4. The molecule has 2 heterocycles. The summed E-state index contributed by atoms with van der Waals surface area (Å²) in [6.45, 7) is 8.41. The summed E-state index contributed by atoms with van der Waals surface area (Å²) in [5.74, 6) is 0.661. The van der Waals surface area contributed by atoms with Gasteiger partial charge in [-0.05, 0) is 42.2 Å². The Balaban J connectivity index is 1.54. The van der Waals surface area contributed by atoms with Crippen LogP contribution in [0.15, 0.2) is 89.4 Å². The predicted molar refractivity (Wildman–Crippen MR) is 141 cm³/mol. The number of pyridine rings is 1. The van der Waals surface area contributed by atoms with Gasteiger partial charge in [-0.15, -0.1) is 10.2 Å². The van der Waals surface area contributed by atoms with Crippen LogP contribution >= 0.6 is 11.8 Å². The molecule has 2 aromatic carbocycles. The maximum absolute atomic E-state index is 12.5. The summed E-state index contributed by atoms with van der Waals surface area (Å²) in [5.41, 5.74) is 7.44. The van der Waals surface area contributed by atoms with Crippen LogP contribution in [0.25, 0.3) is 17.1 Å². The van der Waals surface area contributed by atoms with Crippen molar-refractivity contribution in [2.45, 2.75) is 38.3 Å². The van der Waals surface area contributed by atoms with E-state index in [9.17, 15) is 4.79 Å². The van der Waals surface area contributed by atoms with Gasteiger partial charge in [0.05, 0.1) is 11.5 Å². The second-order valence-corrected chi connectivity index (χ2v) is 10.0. The molecule has 0 fully saturated rings. The third-order valence-corrected chi connectivity index (χ3v) is 6.36. The molecular weight excluding hydrogens is 456 g/mol. The molecule has 0 saturated heterocycles. The van der Waals surface area contributed by atoms with Crippen molar-refractivity contribution in [2.75, 3.05) is 5.75 Å². The molecule has 1 amide bonds. The monoisotopic (exact) mass is 484 g/mol. The van der Waals surface area contributed by atoms with Crippen molar-refractivity contribution < 1.29 is 4.79 Å². The number of nitrogens with one attached hydrogen (secondary N) is 1. The third kappa shape index (κ3) is 6.02. The molecule has 0 aliphatic rings. The minimum Gasteiger partial charge on any atom is -0.272 e. The minimum absolute atomic E-state index is 0.0677. The Kier molecular flexibility index (Phi) is 7.41. The van der Waals surface area contributed by atoms with Crippen LogP contribution in [-0.4, -0.2) is 37.1 Å². The van der Waals surface area contributed by atoms with Gasteiger partial charge in [0, 0.05) is 29.2 Å². The second kappa shape index (κ2) is 10.7. The molecule has 0 bridgehead atoms. The van der Waals surface area contributed by atoms with Gasteiger partial charge in [0.2, 0.25) is 0 Å². The van der Waals surface area contributed by atoms with Gasteiger partial charge in [-0.1, -0.05) is 75.0 Å². The highest BCUT2D eigenvalue weighted by atomic mass is 32.2. The zero-order valence-corrected chi connectivity index (χ0v) is 21.1. The van der Waals surface area contributed by atoms with Gasteiger partial charge in [0.25, 0.3) is 5.91 Å². The highest BCUT2D eigenvalue weighted by molar-refractivity contribution is 7.99. The largest absolute Gasteiger partial charge is 0.272 e. The SMILES string of the molecule is C/C(=N/NC(=O)CSc1nnc(-c2ccc(C(C)(C)C)cc2)n1-c1ccccc1)c1ccncc1. The highest BCUT2D eigenvalue weighted by Gasteiger charge is 2.19. The van der Waals surface area contributed by atoms with E-state index in [1.54, 1.807) is 12.4 Å². The van der Waals surface area contributed by atoms with E-state index in [4.69, 9.17) is 0 Å². The Bertz CT molecular complexity index is 1310. The molecule has 178 valence electrons. The maximum atomic E-state index is 12.5. The van der Waals surface area contributed by atoms with Crippen LogP contribution in [0.2, 0.25) is 0 Å². The molecule has 7 nitrogen and oxygen atoms in total. The molecule has 0 unspecified atom stereocenters. The average Bonchev–Trinajstić information content (AvgIpc) is 3.30. The van der Waals surface area contributed by atoms with Crippen molar-refractivity contribution in [3.63, 3.8) is 0 Å². The molecule has 2 aromatic heterocycles. The van der Waals surface area contributed by atoms with Crippen LogP contribution in [0.5, 0.6) is 0 Å². The molecule has 4 rings (SSSR count). The first-order valence-electron chi connectivity index (χ1n) is 11.3. The first-order valence-corrected chi connectivity index (χ1v) is 12.3. The zero-order valence-electron chi connectivity index (χ0n) is 20.3. The second-order valence-electron chi connectivity index (χ2n) is 9.06. The van der Waals surface area contributed by atoms with Gasteiger partial charge in [-0.25, -0.2) is 5.43 Å². The molecule has 0 saturated carbocycles. The minimum atomic E-state index is -0.220. The number of thioether (sulfide) groups is 1. The number of carbonyl (C=O) groups is 1. The summed E-state index contributed by atoms with van der Waals surface area (Å²) in [5, 5.41) is 13.7. The number of amides is 1. The number of hydrazone groups is 1. The van der Waals surface area contributed by atoms with Crippen molar-refractivity contribution in [2.24, 2.45) is 5.10 Å². The lowest BCUT2D eigenvalue weighted by molar-refractivity contribution is -0.118. The summed E-state index contributed by atoms with van der Waals surface area (Å²) in [7, 11) is 0. The highest BCUT2D eigenvalue weighted by Crippen LogP contribution is 2.30. The summed E-state index contributed by atoms with van der Waals surface area (Å²) >= 11 is 1.32. The van der Waals surface area contributed by atoms with E-state index in [1.807, 2.05) is 54.0 Å². The van der Waals surface area contributed by atoms with E-state index >= 15 is 0 Å².